The predicted octanol–water partition coefficient (Wildman–Crippen LogP) is 4.16. The summed E-state index contributed by atoms with van der Waals surface area (Å²) in [7, 11) is 0. The number of hydrogen-bond donors (Lipinski definition) is 2. The zero-order valence-corrected chi connectivity index (χ0v) is 14.3. The van der Waals surface area contributed by atoms with Gasteiger partial charge in [0.05, 0.1) is 23.0 Å². The third kappa shape index (κ3) is 4.96. The van der Waals surface area contributed by atoms with Gasteiger partial charge in [-0.1, -0.05) is 42.0 Å². The molecule has 0 fully saturated rings. The Balaban J connectivity index is 1.90. The number of nitrogens with one attached hydrogen (secondary N) is 2. The van der Waals surface area contributed by atoms with Crippen molar-refractivity contribution < 1.29 is 4.79 Å². The van der Waals surface area contributed by atoms with Crippen LogP contribution in [0.25, 0.3) is 0 Å². The molecule has 0 aliphatic heterocycles. The van der Waals surface area contributed by atoms with E-state index in [1.54, 1.807) is 6.07 Å². The van der Waals surface area contributed by atoms with Gasteiger partial charge in [0.1, 0.15) is 0 Å². The van der Waals surface area contributed by atoms with Crippen LogP contribution in [-0.4, -0.2) is 18.2 Å². The molecule has 1 amide bonds. The lowest BCUT2D eigenvalue weighted by Gasteiger charge is -2.22. The average Bonchev–Trinajstić information content (AvgIpc) is 2.53. The summed E-state index contributed by atoms with van der Waals surface area (Å²) >= 11 is 6.03. The second-order valence-corrected chi connectivity index (χ2v) is 6.20. The van der Waals surface area contributed by atoms with Crippen LogP contribution in [-0.2, 0) is 4.79 Å². The molecular weight excluding hydrogens is 310 g/mol. The van der Waals surface area contributed by atoms with Crippen LogP contribution in [0.5, 0.6) is 0 Å². The van der Waals surface area contributed by atoms with Crippen molar-refractivity contribution in [3.63, 3.8) is 0 Å². The molecule has 1 atom stereocenters. The number of para-hydroxylation sites is 1. The Hall–Kier alpha value is -2.07. The third-order valence-electron chi connectivity index (χ3n) is 3.93. The van der Waals surface area contributed by atoms with Crippen LogP contribution in [0.2, 0.25) is 5.02 Å². The number of rotatable bonds is 5. The number of hydrogen-bond acceptors (Lipinski definition) is 3. The summed E-state index contributed by atoms with van der Waals surface area (Å²) in [5, 5.41) is 7.85. The van der Waals surface area contributed by atoms with Crippen LogP contribution >= 0.6 is 11.6 Å². The fourth-order valence-electron chi connectivity index (χ4n) is 2.37. The highest BCUT2D eigenvalue weighted by Gasteiger charge is 2.18. The quantitative estimate of drug-likeness (QED) is 0.629. The molecule has 122 valence electrons. The van der Waals surface area contributed by atoms with E-state index in [1.165, 1.54) is 0 Å². The first kappa shape index (κ1) is 17.3. The van der Waals surface area contributed by atoms with Crippen molar-refractivity contribution in [3.05, 3.63) is 53.1 Å². The number of allylic oxidation sites excluding steroid dienone is 3. The second kappa shape index (κ2) is 7.97. The molecule has 4 nitrogen and oxygen atoms in total. The van der Waals surface area contributed by atoms with Crippen molar-refractivity contribution in [3.8, 4) is 0 Å². The van der Waals surface area contributed by atoms with Crippen molar-refractivity contribution in [2.75, 3.05) is 11.9 Å². The molecule has 2 N–H and O–H groups in total. The first-order chi connectivity index (χ1) is 11.0. The lowest BCUT2D eigenvalue weighted by molar-refractivity contribution is -0.119. The van der Waals surface area contributed by atoms with E-state index < -0.39 is 0 Å². The Morgan fingerprint density at radius 1 is 1.43 bits per heavy atom. The molecule has 0 saturated carbocycles. The van der Waals surface area contributed by atoms with E-state index in [0.29, 0.717) is 10.9 Å². The lowest BCUT2D eigenvalue weighted by Crippen LogP contribution is -2.28. The standard InChI is InChI=1S/C18H22ClN3O/c1-12(2)14-9-8-13(3)17(10-14)21-22-18(23)11-20-16-7-5-4-6-15(16)19/h4-8,14,20H,1,9-11H2,2-3H3,(H,22,23)/b21-17-/t14-/m0/s1. The molecular formula is C18H22ClN3O. The van der Waals surface area contributed by atoms with Crippen LogP contribution in [0.4, 0.5) is 5.69 Å². The van der Waals surface area contributed by atoms with Gasteiger partial charge in [-0.3, -0.25) is 4.79 Å². The fourth-order valence-corrected chi connectivity index (χ4v) is 2.58. The minimum Gasteiger partial charge on any atom is -0.375 e. The monoisotopic (exact) mass is 331 g/mol. The Labute approximate surface area is 142 Å². The minimum atomic E-state index is -0.206. The summed E-state index contributed by atoms with van der Waals surface area (Å²) in [4.78, 5) is 11.9. The van der Waals surface area contributed by atoms with Crippen LogP contribution < -0.4 is 10.7 Å². The Bertz CT molecular complexity index is 664. The number of carbonyl (C=O) groups excluding carboxylic acids is 1. The number of carbonyl (C=O) groups is 1. The Morgan fingerprint density at radius 3 is 2.87 bits per heavy atom. The highest BCUT2D eigenvalue weighted by molar-refractivity contribution is 6.33. The van der Waals surface area contributed by atoms with Gasteiger partial charge in [-0.2, -0.15) is 5.10 Å². The third-order valence-corrected chi connectivity index (χ3v) is 4.26. The molecule has 5 heteroatoms. The molecule has 0 spiro atoms. The summed E-state index contributed by atoms with van der Waals surface area (Å²) in [6, 6.07) is 7.30. The van der Waals surface area contributed by atoms with Gasteiger partial charge in [0, 0.05) is 0 Å². The van der Waals surface area contributed by atoms with Crippen molar-refractivity contribution in [2.24, 2.45) is 11.0 Å². The predicted molar refractivity (Wildman–Crippen MR) is 96.8 cm³/mol. The number of nitrogens with zero attached hydrogens (tertiary/aromatic N) is 1. The number of amides is 1. The molecule has 2 rings (SSSR count). The molecule has 0 saturated heterocycles. The number of halogens is 1. The van der Waals surface area contributed by atoms with E-state index in [2.05, 4.69) is 28.5 Å². The van der Waals surface area contributed by atoms with Gasteiger partial charge in [0.15, 0.2) is 0 Å². The zero-order valence-electron chi connectivity index (χ0n) is 13.5. The number of benzene rings is 1. The average molecular weight is 332 g/mol. The first-order valence-corrected chi connectivity index (χ1v) is 8.01. The summed E-state index contributed by atoms with van der Waals surface area (Å²) < 4.78 is 0. The van der Waals surface area contributed by atoms with Gasteiger partial charge in [-0.05, 0) is 50.3 Å². The summed E-state index contributed by atoms with van der Waals surface area (Å²) in [5.74, 6) is 0.193. The van der Waals surface area contributed by atoms with E-state index in [9.17, 15) is 4.79 Å². The molecule has 1 aliphatic rings. The van der Waals surface area contributed by atoms with Crippen LogP contribution in [0, 0.1) is 5.92 Å². The molecule has 0 radical (unpaired) electrons. The Morgan fingerprint density at radius 2 is 2.17 bits per heavy atom. The van der Waals surface area contributed by atoms with E-state index in [1.807, 2.05) is 32.0 Å². The zero-order chi connectivity index (χ0) is 16.8. The minimum absolute atomic E-state index is 0.118. The maximum Gasteiger partial charge on any atom is 0.259 e. The van der Waals surface area contributed by atoms with Crippen LogP contribution in [0.15, 0.2) is 53.2 Å². The molecule has 23 heavy (non-hydrogen) atoms. The Kier molecular flexibility index (Phi) is 5.99. The largest absolute Gasteiger partial charge is 0.375 e. The van der Waals surface area contributed by atoms with Gasteiger partial charge in [-0.15, -0.1) is 0 Å². The highest BCUT2D eigenvalue weighted by atomic mass is 35.5. The normalized spacial score (nSPS) is 19.2. The summed E-state index contributed by atoms with van der Waals surface area (Å²) in [5.41, 5.74) is 6.51. The maximum absolute atomic E-state index is 11.9. The topological polar surface area (TPSA) is 53.5 Å². The van der Waals surface area contributed by atoms with Crippen molar-refractivity contribution in [1.82, 2.24) is 5.43 Å². The number of anilines is 1. The fraction of sp³-hybridized carbons (Fsp3) is 0.333. The van der Waals surface area contributed by atoms with Crippen LogP contribution in [0.3, 0.4) is 0 Å². The smallest absolute Gasteiger partial charge is 0.259 e. The molecule has 0 unspecified atom stereocenters. The van der Waals surface area contributed by atoms with E-state index in [0.717, 1.165) is 35.4 Å². The number of hydrazone groups is 1. The molecule has 1 aromatic rings. The van der Waals surface area contributed by atoms with E-state index in [-0.39, 0.29) is 12.5 Å². The van der Waals surface area contributed by atoms with E-state index in [4.69, 9.17) is 11.6 Å². The van der Waals surface area contributed by atoms with Gasteiger partial charge in [0.25, 0.3) is 5.91 Å². The van der Waals surface area contributed by atoms with Crippen molar-refractivity contribution >= 4 is 28.9 Å². The molecule has 1 aromatic carbocycles. The van der Waals surface area contributed by atoms with E-state index >= 15 is 0 Å². The molecule has 0 heterocycles. The summed E-state index contributed by atoms with van der Waals surface area (Å²) in [6.07, 6.45) is 3.95. The van der Waals surface area contributed by atoms with Crippen molar-refractivity contribution in [2.45, 2.75) is 26.7 Å². The SMILES string of the molecule is C=C(C)[C@H]1CC=C(C)/C(=N\NC(=O)CNc2ccccc2Cl)C1. The second-order valence-electron chi connectivity index (χ2n) is 5.80. The molecule has 0 bridgehead atoms. The lowest BCUT2D eigenvalue weighted by atomic mass is 9.85. The van der Waals surface area contributed by atoms with Crippen LogP contribution in [0.1, 0.15) is 26.7 Å². The maximum atomic E-state index is 11.9. The first-order valence-electron chi connectivity index (χ1n) is 7.63. The highest BCUT2D eigenvalue weighted by Crippen LogP contribution is 2.26. The summed E-state index contributed by atoms with van der Waals surface area (Å²) in [6.45, 7) is 8.18. The van der Waals surface area contributed by atoms with Gasteiger partial charge < -0.3 is 5.32 Å². The molecule has 0 aromatic heterocycles. The van der Waals surface area contributed by atoms with Crippen molar-refractivity contribution in [1.29, 1.82) is 0 Å². The van der Waals surface area contributed by atoms with Gasteiger partial charge in [-0.25, -0.2) is 5.43 Å². The van der Waals surface area contributed by atoms with Gasteiger partial charge >= 0.3 is 0 Å². The van der Waals surface area contributed by atoms with Gasteiger partial charge in [0.2, 0.25) is 0 Å². The molecule has 1 aliphatic carbocycles.